The van der Waals surface area contributed by atoms with Crippen LogP contribution < -0.4 is 5.32 Å². The largest absolute Gasteiger partial charge is 0.321 e. The van der Waals surface area contributed by atoms with E-state index in [0.717, 1.165) is 22.0 Å². The van der Waals surface area contributed by atoms with E-state index < -0.39 is 0 Å². The van der Waals surface area contributed by atoms with E-state index in [-0.39, 0.29) is 5.91 Å². The van der Waals surface area contributed by atoms with Gasteiger partial charge in [0.05, 0.1) is 5.56 Å². The van der Waals surface area contributed by atoms with Gasteiger partial charge in [0, 0.05) is 28.9 Å². The molecule has 1 aliphatic heterocycles. The molecule has 1 aliphatic rings. The highest BCUT2D eigenvalue weighted by Crippen LogP contribution is 2.33. The van der Waals surface area contributed by atoms with Crippen molar-refractivity contribution in [2.45, 2.75) is 6.92 Å². The molecule has 3 heteroatoms. The molecule has 2 aromatic rings. The van der Waals surface area contributed by atoms with Crippen molar-refractivity contribution >= 4 is 22.4 Å². The van der Waals surface area contributed by atoms with Crippen molar-refractivity contribution in [3.05, 3.63) is 35.7 Å². The van der Waals surface area contributed by atoms with Gasteiger partial charge in [0.2, 0.25) is 0 Å². The van der Waals surface area contributed by atoms with Crippen LogP contribution in [-0.4, -0.2) is 10.9 Å². The lowest BCUT2D eigenvalue weighted by Crippen LogP contribution is -2.03. The molecule has 68 valence electrons. The van der Waals surface area contributed by atoms with Crippen LogP contribution in [0.4, 0.5) is 5.69 Å². The Morgan fingerprint density at radius 3 is 3.00 bits per heavy atom. The van der Waals surface area contributed by atoms with Crippen LogP contribution in [0.3, 0.4) is 0 Å². The summed E-state index contributed by atoms with van der Waals surface area (Å²) in [7, 11) is 0. The van der Waals surface area contributed by atoms with Gasteiger partial charge in [-0.25, -0.2) is 0 Å². The van der Waals surface area contributed by atoms with E-state index in [1.807, 2.05) is 19.1 Å². The van der Waals surface area contributed by atoms with Gasteiger partial charge >= 0.3 is 0 Å². The molecule has 14 heavy (non-hydrogen) atoms. The van der Waals surface area contributed by atoms with Crippen LogP contribution in [0.15, 0.2) is 24.5 Å². The minimum Gasteiger partial charge on any atom is -0.321 e. The second kappa shape index (κ2) is 2.32. The molecule has 1 aromatic heterocycles. The van der Waals surface area contributed by atoms with Crippen LogP contribution in [0, 0.1) is 6.92 Å². The van der Waals surface area contributed by atoms with Crippen LogP contribution in [-0.2, 0) is 0 Å². The molecular weight excluding hydrogens is 176 g/mol. The average Bonchev–Trinajstić information content (AvgIpc) is 2.52. The van der Waals surface area contributed by atoms with Crippen LogP contribution in [0.5, 0.6) is 0 Å². The number of aromatic nitrogens is 1. The van der Waals surface area contributed by atoms with E-state index >= 15 is 0 Å². The quantitative estimate of drug-likeness (QED) is 0.681. The van der Waals surface area contributed by atoms with Crippen molar-refractivity contribution in [1.29, 1.82) is 0 Å². The van der Waals surface area contributed by atoms with Gasteiger partial charge in [0.25, 0.3) is 5.91 Å². The summed E-state index contributed by atoms with van der Waals surface area (Å²) in [6, 6.07) is 3.93. The molecular formula is C11H8N2O. The van der Waals surface area contributed by atoms with Gasteiger partial charge in [0.15, 0.2) is 0 Å². The van der Waals surface area contributed by atoms with Crippen molar-refractivity contribution in [3.8, 4) is 0 Å². The fourth-order valence-electron chi connectivity index (χ4n) is 1.90. The number of carbonyl (C=O) groups excluding carboxylic acids is 1. The Balaban J connectivity index is 2.58. The van der Waals surface area contributed by atoms with Crippen molar-refractivity contribution < 1.29 is 4.79 Å². The van der Waals surface area contributed by atoms with Gasteiger partial charge in [-0.1, -0.05) is 6.07 Å². The monoisotopic (exact) mass is 184 g/mol. The molecule has 1 aromatic carbocycles. The molecule has 3 rings (SSSR count). The van der Waals surface area contributed by atoms with Crippen molar-refractivity contribution in [1.82, 2.24) is 4.98 Å². The molecule has 3 nitrogen and oxygen atoms in total. The Kier molecular flexibility index (Phi) is 1.24. The van der Waals surface area contributed by atoms with E-state index in [1.54, 1.807) is 12.4 Å². The zero-order valence-electron chi connectivity index (χ0n) is 7.66. The number of hydrogen-bond acceptors (Lipinski definition) is 2. The highest BCUT2D eigenvalue weighted by molar-refractivity contribution is 6.23. The van der Waals surface area contributed by atoms with E-state index in [1.165, 1.54) is 0 Å². The summed E-state index contributed by atoms with van der Waals surface area (Å²) in [5.74, 6) is -0.0521. The summed E-state index contributed by atoms with van der Waals surface area (Å²) in [6.45, 7) is 2.02. The fourth-order valence-corrected chi connectivity index (χ4v) is 1.90. The topological polar surface area (TPSA) is 42.0 Å². The SMILES string of the molecule is Cc1ccc2c3c(cncc13)C(=O)N2. The number of aryl methyl sites for hydroxylation is 1. The molecule has 1 N–H and O–H groups in total. The number of anilines is 1. The van der Waals surface area contributed by atoms with E-state index in [4.69, 9.17) is 0 Å². The third-order valence-corrected chi connectivity index (χ3v) is 2.63. The van der Waals surface area contributed by atoms with E-state index in [0.29, 0.717) is 5.56 Å². The smallest absolute Gasteiger partial charge is 0.257 e. The maximum atomic E-state index is 11.5. The lowest BCUT2D eigenvalue weighted by Gasteiger charge is -2.01. The molecule has 0 radical (unpaired) electrons. The Morgan fingerprint density at radius 1 is 1.29 bits per heavy atom. The fraction of sp³-hybridized carbons (Fsp3) is 0.0909. The van der Waals surface area contributed by atoms with E-state index in [9.17, 15) is 4.79 Å². The Morgan fingerprint density at radius 2 is 2.14 bits per heavy atom. The number of carbonyl (C=O) groups is 1. The van der Waals surface area contributed by atoms with E-state index in [2.05, 4.69) is 10.3 Å². The number of rotatable bonds is 0. The summed E-state index contributed by atoms with van der Waals surface area (Å²) in [4.78, 5) is 15.6. The first-order valence-electron chi connectivity index (χ1n) is 4.46. The maximum absolute atomic E-state index is 11.5. The number of nitrogens with zero attached hydrogens (tertiary/aromatic N) is 1. The summed E-state index contributed by atoms with van der Waals surface area (Å²) < 4.78 is 0. The third-order valence-electron chi connectivity index (χ3n) is 2.63. The molecule has 0 fully saturated rings. The summed E-state index contributed by atoms with van der Waals surface area (Å²) in [6.07, 6.45) is 3.42. The Bertz CT molecular complexity index is 560. The predicted molar refractivity (Wildman–Crippen MR) is 54.4 cm³/mol. The lowest BCUT2D eigenvalue weighted by molar-refractivity contribution is 0.103. The predicted octanol–water partition coefficient (Wildman–Crippen LogP) is 2.11. The highest BCUT2D eigenvalue weighted by atomic mass is 16.1. The number of pyridine rings is 1. The molecule has 0 spiro atoms. The summed E-state index contributed by atoms with van der Waals surface area (Å²) >= 11 is 0. The molecule has 1 amide bonds. The van der Waals surface area contributed by atoms with Gasteiger partial charge in [-0.3, -0.25) is 9.78 Å². The minimum atomic E-state index is -0.0521. The normalized spacial score (nSPS) is 13.4. The third kappa shape index (κ3) is 0.763. The Labute approximate surface area is 80.8 Å². The standard InChI is InChI=1S/C11H8N2O/c1-6-2-3-9-10-7(6)4-12-5-8(10)11(14)13-9/h2-5H,1H3,(H,13,14). The second-order valence-corrected chi connectivity index (χ2v) is 3.49. The number of hydrogen-bond donors (Lipinski definition) is 1. The second-order valence-electron chi connectivity index (χ2n) is 3.49. The van der Waals surface area contributed by atoms with Gasteiger partial charge in [-0.15, -0.1) is 0 Å². The molecule has 0 bridgehead atoms. The molecule has 2 heterocycles. The zero-order chi connectivity index (χ0) is 9.71. The average molecular weight is 184 g/mol. The maximum Gasteiger partial charge on any atom is 0.257 e. The van der Waals surface area contributed by atoms with Crippen molar-refractivity contribution in [3.63, 3.8) is 0 Å². The van der Waals surface area contributed by atoms with Gasteiger partial charge in [0.1, 0.15) is 0 Å². The number of nitrogens with one attached hydrogen (secondary N) is 1. The molecule has 0 atom stereocenters. The van der Waals surface area contributed by atoms with Gasteiger partial charge in [-0.05, 0) is 18.6 Å². The first kappa shape index (κ1) is 7.50. The van der Waals surface area contributed by atoms with Gasteiger partial charge < -0.3 is 5.32 Å². The molecule has 0 saturated heterocycles. The van der Waals surface area contributed by atoms with Crippen LogP contribution in [0.25, 0.3) is 10.8 Å². The summed E-state index contributed by atoms with van der Waals surface area (Å²) in [5.41, 5.74) is 2.73. The van der Waals surface area contributed by atoms with Crippen molar-refractivity contribution in [2.24, 2.45) is 0 Å². The first-order valence-corrected chi connectivity index (χ1v) is 4.46. The lowest BCUT2D eigenvalue weighted by atomic mass is 10.0. The van der Waals surface area contributed by atoms with Gasteiger partial charge in [-0.2, -0.15) is 0 Å². The summed E-state index contributed by atoms with van der Waals surface area (Å²) in [5, 5.41) is 4.88. The number of benzene rings is 1. The molecule has 0 aliphatic carbocycles. The van der Waals surface area contributed by atoms with Crippen molar-refractivity contribution in [2.75, 3.05) is 5.32 Å². The van der Waals surface area contributed by atoms with Crippen LogP contribution >= 0.6 is 0 Å². The van der Waals surface area contributed by atoms with Crippen LogP contribution in [0.1, 0.15) is 15.9 Å². The van der Waals surface area contributed by atoms with Crippen LogP contribution in [0.2, 0.25) is 0 Å². The Hall–Kier alpha value is -1.90. The number of amides is 1. The first-order chi connectivity index (χ1) is 6.77. The minimum absolute atomic E-state index is 0.0521. The molecule has 0 saturated carbocycles. The molecule has 0 unspecified atom stereocenters. The highest BCUT2D eigenvalue weighted by Gasteiger charge is 2.21. The zero-order valence-corrected chi connectivity index (χ0v) is 7.66.